The number of hydrogen-bond donors (Lipinski definition) is 15. The number of aromatic nitrogens is 2. The van der Waals surface area contributed by atoms with Gasteiger partial charge in [-0.1, -0.05) is 41.5 Å². The zero-order valence-electron chi connectivity index (χ0n) is 39.9. The van der Waals surface area contributed by atoms with Crippen LogP contribution in [0.2, 0.25) is 0 Å². The van der Waals surface area contributed by atoms with Gasteiger partial charge in [0.05, 0.1) is 31.5 Å². The average molecular weight is 984 g/mol. The molecule has 69 heavy (non-hydrogen) atoms. The number of carboxylic acids is 3. The maximum atomic E-state index is 14.0. The highest BCUT2D eigenvalue weighted by atomic mass is 16.4. The van der Waals surface area contributed by atoms with Crippen LogP contribution in [0.15, 0.2) is 12.5 Å². The first-order chi connectivity index (χ1) is 32.1. The van der Waals surface area contributed by atoms with Gasteiger partial charge in [-0.2, -0.15) is 0 Å². The minimum Gasteiger partial charge on any atom is -0.481 e. The Hall–Kier alpha value is -6.74. The number of imidazole rings is 1. The van der Waals surface area contributed by atoms with E-state index in [1.165, 1.54) is 33.3 Å². The third-order valence-electron chi connectivity index (χ3n) is 10.2. The number of carboxylic acid groups (broad SMARTS) is 3. The van der Waals surface area contributed by atoms with Crippen LogP contribution >= 0.6 is 0 Å². The second-order valence-corrected chi connectivity index (χ2v) is 17.7. The molecule has 1 rings (SSSR count). The second kappa shape index (κ2) is 29.2. The molecule has 27 nitrogen and oxygen atoms in total. The molecule has 1 heterocycles. The number of nitrogens with one attached hydrogen (secondary N) is 9. The van der Waals surface area contributed by atoms with Gasteiger partial charge in [0.15, 0.2) is 0 Å². The minimum atomic E-state index is -2.05. The van der Waals surface area contributed by atoms with Gasteiger partial charge in [-0.25, -0.2) is 9.78 Å². The van der Waals surface area contributed by atoms with Gasteiger partial charge in [0.1, 0.15) is 48.3 Å². The Kier molecular flexibility index (Phi) is 25.5. The highest BCUT2D eigenvalue weighted by Gasteiger charge is 2.37. The number of carbonyl (C=O) groups excluding carboxylic acids is 8. The van der Waals surface area contributed by atoms with Crippen LogP contribution in [0.5, 0.6) is 0 Å². The SMILES string of the molecule is CC(C)CC(N)C(=O)NC(CC(C)C)C(=O)NC(Cc1cnc[nH]1)C(=O)NC(CCC(=O)O)C(=O)NC(C(=O)NC(CC(=O)O)C(=O)NC(CO)C(=O)NC(C)C(=O)NC(C(=O)O)C(C)C)C(C)O. The van der Waals surface area contributed by atoms with E-state index in [0.29, 0.717) is 12.1 Å². The average Bonchev–Trinajstić information content (AvgIpc) is 3.76. The third-order valence-corrected chi connectivity index (χ3v) is 10.2. The molecule has 388 valence electrons. The second-order valence-electron chi connectivity index (χ2n) is 17.7. The molecule has 0 aliphatic carbocycles. The molecule has 0 saturated carbocycles. The Morgan fingerprint density at radius 1 is 0.580 bits per heavy atom. The molecular formula is C42H69N11O16. The Balaban J connectivity index is 3.37. The van der Waals surface area contributed by atoms with Gasteiger partial charge in [0.2, 0.25) is 47.3 Å². The summed E-state index contributed by atoms with van der Waals surface area (Å²) >= 11 is 0. The minimum absolute atomic E-state index is 0.0579. The van der Waals surface area contributed by atoms with Crippen LogP contribution in [0.1, 0.15) is 93.2 Å². The monoisotopic (exact) mass is 983 g/mol. The van der Waals surface area contributed by atoms with Crippen LogP contribution in [0, 0.1) is 17.8 Å². The van der Waals surface area contributed by atoms with E-state index >= 15 is 0 Å². The fourth-order valence-electron chi connectivity index (χ4n) is 6.45. The molecule has 8 amide bonds. The number of nitrogens with zero attached hydrogens (tertiary/aromatic N) is 1. The predicted octanol–water partition coefficient (Wildman–Crippen LogP) is -4.28. The number of aliphatic hydroxyl groups is 2. The topological polar surface area (TPSA) is 440 Å². The van der Waals surface area contributed by atoms with Gasteiger partial charge in [-0.05, 0) is 50.9 Å². The Morgan fingerprint density at radius 2 is 1.07 bits per heavy atom. The van der Waals surface area contributed by atoms with Crippen molar-refractivity contribution in [3.05, 3.63) is 18.2 Å². The lowest BCUT2D eigenvalue weighted by Crippen LogP contribution is -2.62. The first-order valence-corrected chi connectivity index (χ1v) is 22.2. The van der Waals surface area contributed by atoms with Crippen molar-refractivity contribution in [2.45, 2.75) is 154 Å². The van der Waals surface area contributed by atoms with Crippen molar-refractivity contribution < 1.29 is 78.3 Å². The van der Waals surface area contributed by atoms with Crippen LogP contribution in [0.3, 0.4) is 0 Å². The molecule has 0 aliphatic rings. The van der Waals surface area contributed by atoms with E-state index < -0.39 is 157 Å². The standard InChI is InChI=1S/C42H69N11O16/c1-18(2)11-24(43)35(61)48-26(12-19(3)4)37(63)49-27(13-23-15-44-17-45-23)38(64)47-25(9-10-30(56)57)36(62)53-33(22(8)55)41(67)50-28(14-31(58)59)39(65)51-29(16-54)40(66)46-21(7)34(60)52-32(20(5)6)42(68)69/h15,17-22,24-29,32-33,54-55H,9-14,16,43H2,1-8H3,(H,44,45)(H,46,66)(H,47,64)(H,48,61)(H,49,63)(H,50,67)(H,51,65)(H,52,60)(H,53,62)(H,56,57)(H,58,59)(H,68,69). The summed E-state index contributed by atoms with van der Waals surface area (Å²) in [7, 11) is 0. The fourth-order valence-corrected chi connectivity index (χ4v) is 6.45. The summed E-state index contributed by atoms with van der Waals surface area (Å²) in [6.07, 6.45) is -1.50. The van der Waals surface area contributed by atoms with Gasteiger partial charge in [0, 0.05) is 24.7 Å². The smallest absolute Gasteiger partial charge is 0.326 e. The molecule has 0 radical (unpaired) electrons. The van der Waals surface area contributed by atoms with Gasteiger partial charge >= 0.3 is 17.9 Å². The molecule has 0 spiro atoms. The quantitative estimate of drug-likeness (QED) is 0.0335. The molecule has 0 aliphatic heterocycles. The first kappa shape index (κ1) is 60.3. The maximum Gasteiger partial charge on any atom is 0.326 e. The molecule has 1 aromatic rings. The summed E-state index contributed by atoms with van der Waals surface area (Å²) in [6.45, 7) is 11.4. The molecule has 16 N–H and O–H groups in total. The van der Waals surface area contributed by atoms with Gasteiger partial charge < -0.3 is 78.8 Å². The van der Waals surface area contributed by atoms with Crippen molar-refractivity contribution >= 4 is 65.2 Å². The number of H-pyrrole nitrogens is 1. The van der Waals surface area contributed by atoms with E-state index in [-0.39, 0.29) is 24.7 Å². The number of aliphatic hydroxyl groups excluding tert-OH is 2. The van der Waals surface area contributed by atoms with Crippen molar-refractivity contribution in [2.75, 3.05) is 6.61 Å². The van der Waals surface area contributed by atoms with Crippen molar-refractivity contribution in [1.29, 1.82) is 0 Å². The fraction of sp³-hybridized carbons (Fsp3) is 0.667. The van der Waals surface area contributed by atoms with Gasteiger partial charge in [0.25, 0.3) is 0 Å². The van der Waals surface area contributed by atoms with Crippen LogP contribution in [-0.4, -0.2) is 168 Å². The number of amides is 8. The van der Waals surface area contributed by atoms with Crippen LogP contribution < -0.4 is 48.3 Å². The number of rotatable bonds is 31. The van der Waals surface area contributed by atoms with E-state index in [0.717, 1.165) is 6.92 Å². The summed E-state index contributed by atoms with van der Waals surface area (Å²) in [4.78, 5) is 149. The maximum absolute atomic E-state index is 14.0. The molecule has 0 aromatic carbocycles. The summed E-state index contributed by atoms with van der Waals surface area (Å²) < 4.78 is 0. The van der Waals surface area contributed by atoms with Gasteiger partial charge in [-0.15, -0.1) is 0 Å². The Labute approximate surface area is 398 Å². The van der Waals surface area contributed by atoms with Crippen molar-refractivity contribution in [3.63, 3.8) is 0 Å². The molecule has 0 bridgehead atoms. The number of aromatic amines is 1. The summed E-state index contributed by atoms with van der Waals surface area (Å²) in [5.41, 5.74) is 6.38. The lowest BCUT2D eigenvalue weighted by atomic mass is 10.00. The number of carbonyl (C=O) groups is 11. The lowest BCUT2D eigenvalue weighted by Gasteiger charge is -2.28. The van der Waals surface area contributed by atoms with Crippen molar-refractivity contribution in [2.24, 2.45) is 23.5 Å². The van der Waals surface area contributed by atoms with Gasteiger partial charge in [-0.3, -0.25) is 47.9 Å². The van der Waals surface area contributed by atoms with E-state index in [9.17, 15) is 78.3 Å². The number of nitrogens with two attached hydrogens (primary N) is 1. The van der Waals surface area contributed by atoms with Crippen molar-refractivity contribution in [3.8, 4) is 0 Å². The highest BCUT2D eigenvalue weighted by Crippen LogP contribution is 2.11. The molecule has 1 aromatic heterocycles. The van der Waals surface area contributed by atoms with Crippen LogP contribution in [0.4, 0.5) is 0 Å². The molecule has 27 heteroatoms. The van der Waals surface area contributed by atoms with Crippen LogP contribution in [0.25, 0.3) is 0 Å². The van der Waals surface area contributed by atoms with E-state index in [1.54, 1.807) is 13.8 Å². The predicted molar refractivity (Wildman–Crippen MR) is 241 cm³/mol. The Morgan fingerprint density at radius 3 is 1.57 bits per heavy atom. The molecule has 10 unspecified atom stereocenters. The largest absolute Gasteiger partial charge is 0.481 e. The van der Waals surface area contributed by atoms with Crippen molar-refractivity contribution in [1.82, 2.24) is 52.5 Å². The number of aliphatic carboxylic acids is 3. The normalized spacial score (nSPS) is 15.6. The Bertz CT molecular complexity index is 1950. The van der Waals surface area contributed by atoms with E-state index in [2.05, 4.69) is 41.9 Å². The molecule has 10 atom stereocenters. The number of hydrogen-bond acceptors (Lipinski definition) is 15. The van der Waals surface area contributed by atoms with Crippen LogP contribution in [-0.2, 0) is 59.2 Å². The zero-order valence-corrected chi connectivity index (χ0v) is 39.9. The lowest BCUT2D eigenvalue weighted by molar-refractivity contribution is -0.143. The molecule has 0 saturated heterocycles. The van der Waals surface area contributed by atoms with E-state index in [1.807, 2.05) is 24.5 Å². The highest BCUT2D eigenvalue weighted by molar-refractivity contribution is 5.99. The summed E-state index contributed by atoms with van der Waals surface area (Å²) in [5, 5.41) is 67.1. The summed E-state index contributed by atoms with van der Waals surface area (Å²) in [6, 6.07) is -14.1. The zero-order chi connectivity index (χ0) is 52.9. The summed E-state index contributed by atoms with van der Waals surface area (Å²) in [5.74, 6) is -13.6. The third kappa shape index (κ3) is 21.8. The molecule has 0 fully saturated rings. The molecular weight excluding hydrogens is 915 g/mol. The van der Waals surface area contributed by atoms with E-state index in [4.69, 9.17) is 5.73 Å². The first-order valence-electron chi connectivity index (χ1n) is 22.2.